The Bertz CT molecular complexity index is 793. The van der Waals surface area contributed by atoms with E-state index in [1.807, 2.05) is 67.6 Å². The van der Waals surface area contributed by atoms with E-state index in [1.54, 1.807) is 6.20 Å². The van der Waals surface area contributed by atoms with Crippen molar-refractivity contribution < 1.29 is 4.79 Å². The maximum atomic E-state index is 11.3. The maximum absolute atomic E-state index is 11.3. The Morgan fingerprint density at radius 1 is 0.810 bits per heavy atom. The highest BCUT2D eigenvalue weighted by molar-refractivity contribution is 5.92. The number of aromatic nitrogens is 1. The molecule has 2 heteroatoms. The van der Waals surface area contributed by atoms with E-state index >= 15 is 0 Å². The summed E-state index contributed by atoms with van der Waals surface area (Å²) in [4.78, 5) is 15.8. The van der Waals surface area contributed by atoms with Crippen LogP contribution in [0.3, 0.4) is 0 Å². The number of carbonyl (C=O) groups excluding carboxylic acids is 1. The fourth-order valence-electron chi connectivity index (χ4n) is 2.54. The van der Waals surface area contributed by atoms with Gasteiger partial charge in [0.2, 0.25) is 0 Å². The van der Waals surface area contributed by atoms with E-state index in [1.165, 1.54) is 0 Å². The number of hydrogen-bond acceptors (Lipinski definition) is 2. The Balaban J connectivity index is 2.26. The first-order chi connectivity index (χ1) is 10.3. The Morgan fingerprint density at radius 2 is 1.48 bits per heavy atom. The van der Waals surface area contributed by atoms with Crippen molar-refractivity contribution in [1.82, 2.24) is 4.98 Å². The monoisotopic (exact) mass is 273 g/mol. The molecule has 3 rings (SSSR count). The van der Waals surface area contributed by atoms with Crippen molar-refractivity contribution in [3.63, 3.8) is 0 Å². The molecule has 0 bridgehead atoms. The number of benzene rings is 2. The number of aldehydes is 1. The Kier molecular flexibility index (Phi) is 3.61. The van der Waals surface area contributed by atoms with Gasteiger partial charge in [-0.3, -0.25) is 9.78 Å². The minimum Gasteiger partial charge on any atom is -0.298 e. The van der Waals surface area contributed by atoms with Gasteiger partial charge in [0.05, 0.1) is 5.69 Å². The smallest absolute Gasteiger partial charge is 0.150 e. The minimum absolute atomic E-state index is 0.693. The summed E-state index contributed by atoms with van der Waals surface area (Å²) < 4.78 is 0. The Morgan fingerprint density at radius 3 is 2.19 bits per heavy atom. The molecule has 0 unspecified atom stereocenters. The predicted octanol–water partition coefficient (Wildman–Crippen LogP) is 4.54. The summed E-state index contributed by atoms with van der Waals surface area (Å²) in [5.41, 5.74) is 5.78. The lowest BCUT2D eigenvalue weighted by Gasteiger charge is -2.12. The van der Waals surface area contributed by atoms with Crippen molar-refractivity contribution in [1.29, 1.82) is 0 Å². The lowest BCUT2D eigenvalue weighted by molar-refractivity contribution is 0.112. The molecule has 0 aliphatic carbocycles. The van der Waals surface area contributed by atoms with Crippen LogP contribution in [-0.2, 0) is 0 Å². The van der Waals surface area contributed by atoms with Crippen LogP contribution < -0.4 is 0 Å². The molecule has 0 amide bonds. The van der Waals surface area contributed by atoms with Gasteiger partial charge in [-0.05, 0) is 29.7 Å². The molecule has 0 atom stereocenters. The normalized spacial score (nSPS) is 10.3. The first-order valence-electron chi connectivity index (χ1n) is 6.87. The van der Waals surface area contributed by atoms with Crippen LogP contribution in [0.4, 0.5) is 0 Å². The molecule has 0 radical (unpaired) electrons. The van der Waals surface area contributed by atoms with Crippen LogP contribution >= 0.6 is 0 Å². The summed E-state index contributed by atoms with van der Waals surface area (Å²) in [5.74, 6) is 0. The van der Waals surface area contributed by atoms with Gasteiger partial charge in [0.1, 0.15) is 0 Å². The van der Waals surface area contributed by atoms with Gasteiger partial charge in [-0.15, -0.1) is 0 Å². The Labute approximate surface area is 124 Å². The molecule has 0 fully saturated rings. The average Bonchev–Trinajstić information content (AvgIpc) is 2.55. The van der Waals surface area contributed by atoms with Gasteiger partial charge in [0.15, 0.2) is 6.29 Å². The van der Waals surface area contributed by atoms with Gasteiger partial charge in [-0.25, -0.2) is 0 Å². The third kappa shape index (κ3) is 2.48. The van der Waals surface area contributed by atoms with Crippen LogP contribution in [0.1, 0.15) is 15.9 Å². The first-order valence-corrected chi connectivity index (χ1v) is 6.87. The molecule has 0 spiro atoms. The summed E-state index contributed by atoms with van der Waals surface area (Å²) in [7, 11) is 0. The van der Waals surface area contributed by atoms with Gasteiger partial charge in [-0.2, -0.15) is 0 Å². The number of hydrogen-bond donors (Lipinski definition) is 0. The van der Waals surface area contributed by atoms with Crippen molar-refractivity contribution in [3.8, 4) is 22.4 Å². The average molecular weight is 273 g/mol. The lowest BCUT2D eigenvalue weighted by atomic mass is 9.93. The molecule has 0 saturated carbocycles. The fraction of sp³-hybridized carbons (Fsp3) is 0.0526. The van der Waals surface area contributed by atoms with Gasteiger partial charge < -0.3 is 0 Å². The second-order valence-corrected chi connectivity index (χ2v) is 4.92. The summed E-state index contributed by atoms with van der Waals surface area (Å²) in [5, 5.41) is 0. The quantitative estimate of drug-likeness (QED) is 0.656. The zero-order valence-electron chi connectivity index (χ0n) is 11.8. The van der Waals surface area contributed by atoms with Gasteiger partial charge in [0.25, 0.3) is 0 Å². The van der Waals surface area contributed by atoms with Crippen LogP contribution in [0.25, 0.3) is 22.4 Å². The van der Waals surface area contributed by atoms with Crippen LogP contribution in [0.5, 0.6) is 0 Å². The van der Waals surface area contributed by atoms with E-state index in [9.17, 15) is 4.79 Å². The molecule has 102 valence electrons. The van der Waals surface area contributed by atoms with Crippen molar-refractivity contribution in [3.05, 3.63) is 78.0 Å². The van der Waals surface area contributed by atoms with Gasteiger partial charge in [-0.1, -0.05) is 54.6 Å². The third-order valence-corrected chi connectivity index (χ3v) is 3.57. The number of nitrogens with zero attached hydrogens (tertiary/aromatic N) is 1. The minimum atomic E-state index is 0.693. The summed E-state index contributed by atoms with van der Waals surface area (Å²) in [6, 6.07) is 19.7. The summed E-state index contributed by atoms with van der Waals surface area (Å²) >= 11 is 0. The molecule has 0 aliphatic rings. The molecule has 21 heavy (non-hydrogen) atoms. The second kappa shape index (κ2) is 5.71. The molecule has 2 aromatic carbocycles. The lowest BCUT2D eigenvalue weighted by Crippen LogP contribution is -1.93. The summed E-state index contributed by atoms with van der Waals surface area (Å²) in [6.07, 6.45) is 2.70. The zero-order chi connectivity index (χ0) is 14.7. The van der Waals surface area contributed by atoms with Crippen LogP contribution in [-0.4, -0.2) is 11.3 Å². The number of pyridine rings is 1. The molecular formula is C19H15NO. The standard InChI is InChI=1S/C19H15NO/c1-14-7-6-12-20-19(14)18-11-5-4-10-17(18)16-9-3-2-8-15(16)13-21/h2-13H,1H3. The first kappa shape index (κ1) is 13.3. The SMILES string of the molecule is Cc1cccnc1-c1ccccc1-c1ccccc1C=O. The van der Waals surface area contributed by atoms with Crippen molar-refractivity contribution in [2.75, 3.05) is 0 Å². The number of carbonyl (C=O) groups is 1. The zero-order valence-corrected chi connectivity index (χ0v) is 11.8. The molecule has 0 aliphatic heterocycles. The highest BCUT2D eigenvalue weighted by atomic mass is 16.1. The van der Waals surface area contributed by atoms with Crippen LogP contribution in [0.2, 0.25) is 0 Å². The van der Waals surface area contributed by atoms with Gasteiger partial charge >= 0.3 is 0 Å². The van der Waals surface area contributed by atoms with E-state index in [0.717, 1.165) is 34.2 Å². The van der Waals surface area contributed by atoms with E-state index < -0.39 is 0 Å². The molecule has 1 heterocycles. The van der Waals surface area contributed by atoms with Gasteiger partial charge in [0, 0.05) is 17.3 Å². The maximum Gasteiger partial charge on any atom is 0.150 e. The molecule has 1 aromatic heterocycles. The Hall–Kier alpha value is -2.74. The third-order valence-electron chi connectivity index (χ3n) is 3.57. The molecule has 3 aromatic rings. The largest absolute Gasteiger partial charge is 0.298 e. The van der Waals surface area contributed by atoms with E-state index in [-0.39, 0.29) is 0 Å². The molecule has 2 nitrogen and oxygen atoms in total. The second-order valence-electron chi connectivity index (χ2n) is 4.92. The van der Waals surface area contributed by atoms with Crippen molar-refractivity contribution in [2.45, 2.75) is 6.92 Å². The molecular weight excluding hydrogens is 258 g/mol. The van der Waals surface area contributed by atoms with Crippen LogP contribution in [0.15, 0.2) is 66.9 Å². The topological polar surface area (TPSA) is 30.0 Å². The molecule has 0 saturated heterocycles. The fourth-order valence-corrected chi connectivity index (χ4v) is 2.54. The van der Waals surface area contributed by atoms with E-state index in [2.05, 4.69) is 4.98 Å². The van der Waals surface area contributed by atoms with E-state index in [4.69, 9.17) is 0 Å². The summed E-state index contributed by atoms with van der Waals surface area (Å²) in [6.45, 7) is 2.05. The van der Waals surface area contributed by atoms with Crippen molar-refractivity contribution >= 4 is 6.29 Å². The van der Waals surface area contributed by atoms with Crippen molar-refractivity contribution in [2.24, 2.45) is 0 Å². The predicted molar refractivity (Wildman–Crippen MR) is 85.2 cm³/mol. The highest BCUT2D eigenvalue weighted by Gasteiger charge is 2.12. The highest BCUT2D eigenvalue weighted by Crippen LogP contribution is 2.33. The molecule has 0 N–H and O–H groups in total. The van der Waals surface area contributed by atoms with Crippen LogP contribution in [0, 0.1) is 6.92 Å². The number of rotatable bonds is 3. The number of aryl methyl sites for hydroxylation is 1. The van der Waals surface area contributed by atoms with E-state index in [0.29, 0.717) is 5.56 Å².